The van der Waals surface area contributed by atoms with Crippen LogP contribution in [0.25, 0.3) is 0 Å². The number of hydrogen-bond donors (Lipinski definition) is 1. The molecule has 4 heteroatoms. The molecule has 0 aromatic heterocycles. The van der Waals surface area contributed by atoms with Gasteiger partial charge in [0.05, 0.1) is 6.61 Å². The fourth-order valence-corrected chi connectivity index (χ4v) is 2.77. The summed E-state index contributed by atoms with van der Waals surface area (Å²) >= 11 is 0. The lowest BCUT2D eigenvalue weighted by molar-refractivity contribution is -0.00630. The third-order valence-electron chi connectivity index (χ3n) is 3.46. The summed E-state index contributed by atoms with van der Waals surface area (Å²) in [6.07, 6.45) is 2.66. The number of ether oxygens (including phenoxy) is 1. The normalized spacial score (nSPS) is 24.2. The average Bonchev–Trinajstić information content (AvgIpc) is 2.28. The van der Waals surface area contributed by atoms with E-state index in [-0.39, 0.29) is 5.41 Å². The molecule has 1 heterocycles. The smallest absolute Gasteiger partial charge is 0.126 e. The largest absolute Gasteiger partial charge is 0.381 e. The van der Waals surface area contributed by atoms with Crippen LogP contribution in [0.4, 0.5) is 8.78 Å². The van der Waals surface area contributed by atoms with Crippen LogP contribution in [-0.4, -0.2) is 26.8 Å². The first kappa shape index (κ1) is 13.4. The van der Waals surface area contributed by atoms with Crippen molar-refractivity contribution in [3.63, 3.8) is 0 Å². The van der Waals surface area contributed by atoms with Gasteiger partial charge in [-0.3, -0.25) is 0 Å². The van der Waals surface area contributed by atoms with E-state index in [4.69, 9.17) is 4.74 Å². The van der Waals surface area contributed by atoms with Crippen LogP contribution in [0.1, 0.15) is 18.4 Å². The Morgan fingerprint density at radius 3 is 2.56 bits per heavy atom. The first-order valence-corrected chi connectivity index (χ1v) is 6.31. The van der Waals surface area contributed by atoms with Crippen molar-refractivity contribution in [1.82, 2.24) is 5.32 Å². The van der Waals surface area contributed by atoms with Gasteiger partial charge in [0.25, 0.3) is 0 Å². The molecule has 1 aromatic carbocycles. The molecule has 1 aliphatic rings. The van der Waals surface area contributed by atoms with Crippen molar-refractivity contribution in [2.75, 3.05) is 26.8 Å². The summed E-state index contributed by atoms with van der Waals surface area (Å²) in [6, 6.07) is 3.73. The van der Waals surface area contributed by atoms with Crippen molar-refractivity contribution >= 4 is 0 Å². The lowest BCUT2D eigenvalue weighted by Gasteiger charge is -2.37. The number of halogens is 2. The zero-order valence-corrected chi connectivity index (χ0v) is 10.6. The van der Waals surface area contributed by atoms with E-state index in [9.17, 15) is 8.78 Å². The second-order valence-corrected chi connectivity index (χ2v) is 5.14. The molecule has 0 radical (unpaired) electrons. The SMILES string of the molecule is CNCC1(Cc2cc(F)cc(F)c2)CCCOC1. The third kappa shape index (κ3) is 3.27. The van der Waals surface area contributed by atoms with Gasteiger partial charge in [0.15, 0.2) is 0 Å². The van der Waals surface area contributed by atoms with Crippen molar-refractivity contribution in [3.05, 3.63) is 35.4 Å². The molecule has 0 bridgehead atoms. The van der Waals surface area contributed by atoms with E-state index in [1.165, 1.54) is 12.1 Å². The summed E-state index contributed by atoms with van der Waals surface area (Å²) in [5, 5.41) is 3.16. The Morgan fingerprint density at radius 2 is 2.00 bits per heavy atom. The third-order valence-corrected chi connectivity index (χ3v) is 3.46. The van der Waals surface area contributed by atoms with Gasteiger partial charge in [0.2, 0.25) is 0 Å². The van der Waals surface area contributed by atoms with Gasteiger partial charge < -0.3 is 10.1 Å². The second-order valence-electron chi connectivity index (χ2n) is 5.14. The van der Waals surface area contributed by atoms with Crippen LogP contribution in [-0.2, 0) is 11.2 Å². The maximum Gasteiger partial charge on any atom is 0.126 e. The van der Waals surface area contributed by atoms with E-state index >= 15 is 0 Å². The maximum absolute atomic E-state index is 13.2. The van der Waals surface area contributed by atoms with E-state index in [1.807, 2.05) is 7.05 Å². The predicted molar refractivity (Wildman–Crippen MR) is 66.5 cm³/mol. The lowest BCUT2D eigenvalue weighted by Crippen LogP contribution is -2.41. The van der Waals surface area contributed by atoms with Crippen LogP contribution < -0.4 is 5.32 Å². The summed E-state index contributed by atoms with van der Waals surface area (Å²) in [7, 11) is 1.89. The molecule has 1 saturated heterocycles. The van der Waals surface area contributed by atoms with Gasteiger partial charge in [0, 0.05) is 24.6 Å². The van der Waals surface area contributed by atoms with Crippen LogP contribution >= 0.6 is 0 Å². The van der Waals surface area contributed by atoms with Crippen LogP contribution in [0.3, 0.4) is 0 Å². The molecule has 0 saturated carbocycles. The minimum Gasteiger partial charge on any atom is -0.381 e. The molecule has 0 amide bonds. The molecule has 1 fully saturated rings. The highest BCUT2D eigenvalue weighted by atomic mass is 19.1. The molecule has 2 rings (SSSR count). The highest BCUT2D eigenvalue weighted by molar-refractivity contribution is 5.20. The summed E-state index contributed by atoms with van der Waals surface area (Å²) in [5.41, 5.74) is 0.654. The molecule has 1 aromatic rings. The first-order valence-electron chi connectivity index (χ1n) is 6.31. The summed E-state index contributed by atoms with van der Waals surface area (Å²) in [4.78, 5) is 0. The molecule has 0 aliphatic carbocycles. The molecular weight excluding hydrogens is 236 g/mol. The van der Waals surface area contributed by atoms with Crippen LogP contribution in [0.5, 0.6) is 0 Å². The Morgan fingerprint density at radius 1 is 1.28 bits per heavy atom. The van der Waals surface area contributed by atoms with Gasteiger partial charge in [-0.15, -0.1) is 0 Å². The minimum absolute atomic E-state index is 0.0484. The van der Waals surface area contributed by atoms with E-state index in [1.54, 1.807) is 0 Å². The van der Waals surface area contributed by atoms with E-state index < -0.39 is 11.6 Å². The molecule has 2 nitrogen and oxygen atoms in total. The second kappa shape index (κ2) is 5.76. The van der Waals surface area contributed by atoms with Crippen molar-refractivity contribution in [1.29, 1.82) is 0 Å². The summed E-state index contributed by atoms with van der Waals surface area (Å²) < 4.78 is 32.0. The lowest BCUT2D eigenvalue weighted by atomic mass is 9.77. The number of benzene rings is 1. The summed E-state index contributed by atoms with van der Waals surface area (Å²) in [5.74, 6) is -1.03. The molecule has 100 valence electrons. The first-order chi connectivity index (χ1) is 8.63. The molecule has 1 aliphatic heterocycles. The number of nitrogens with one attached hydrogen (secondary N) is 1. The van der Waals surface area contributed by atoms with Crippen molar-refractivity contribution in [2.24, 2.45) is 5.41 Å². The van der Waals surface area contributed by atoms with Crippen molar-refractivity contribution < 1.29 is 13.5 Å². The molecule has 18 heavy (non-hydrogen) atoms. The molecule has 1 unspecified atom stereocenters. The van der Waals surface area contributed by atoms with Gasteiger partial charge in [0.1, 0.15) is 11.6 Å². The highest BCUT2D eigenvalue weighted by Crippen LogP contribution is 2.32. The standard InChI is InChI=1S/C14H19F2NO/c1-17-9-14(3-2-4-18-10-14)8-11-5-12(15)7-13(16)6-11/h5-7,17H,2-4,8-10H2,1H3. The fraction of sp³-hybridized carbons (Fsp3) is 0.571. The minimum atomic E-state index is -0.513. The van der Waals surface area contributed by atoms with Gasteiger partial charge in [-0.2, -0.15) is 0 Å². The Balaban J connectivity index is 2.17. The Kier molecular flexibility index (Phi) is 4.30. The average molecular weight is 255 g/mol. The van der Waals surface area contributed by atoms with Gasteiger partial charge in [-0.25, -0.2) is 8.78 Å². The topological polar surface area (TPSA) is 21.3 Å². The van der Waals surface area contributed by atoms with E-state index in [0.717, 1.165) is 32.1 Å². The molecule has 1 N–H and O–H groups in total. The maximum atomic E-state index is 13.2. The Bertz CT molecular complexity index is 377. The highest BCUT2D eigenvalue weighted by Gasteiger charge is 2.32. The molecule has 1 atom stereocenters. The van der Waals surface area contributed by atoms with Crippen molar-refractivity contribution in [3.8, 4) is 0 Å². The van der Waals surface area contributed by atoms with Crippen molar-refractivity contribution in [2.45, 2.75) is 19.3 Å². The Labute approximate surface area is 106 Å². The number of hydrogen-bond acceptors (Lipinski definition) is 2. The number of rotatable bonds is 4. The van der Waals surface area contributed by atoms with Crippen LogP contribution in [0, 0.1) is 17.0 Å². The summed E-state index contributed by atoms with van der Waals surface area (Å²) in [6.45, 7) is 2.22. The van der Waals surface area contributed by atoms with Gasteiger partial charge in [-0.05, 0) is 44.0 Å². The zero-order valence-electron chi connectivity index (χ0n) is 10.6. The van der Waals surface area contributed by atoms with Gasteiger partial charge in [-0.1, -0.05) is 0 Å². The molecule has 0 spiro atoms. The fourth-order valence-electron chi connectivity index (χ4n) is 2.77. The zero-order chi connectivity index (χ0) is 13.0. The van der Waals surface area contributed by atoms with E-state index in [2.05, 4.69) is 5.32 Å². The van der Waals surface area contributed by atoms with Gasteiger partial charge >= 0.3 is 0 Å². The monoisotopic (exact) mass is 255 g/mol. The molecular formula is C14H19F2NO. The Hall–Kier alpha value is -1.00. The van der Waals surface area contributed by atoms with Crippen LogP contribution in [0.2, 0.25) is 0 Å². The van der Waals surface area contributed by atoms with Crippen LogP contribution in [0.15, 0.2) is 18.2 Å². The quantitative estimate of drug-likeness (QED) is 0.892. The van der Waals surface area contributed by atoms with E-state index in [0.29, 0.717) is 18.6 Å². The predicted octanol–water partition coefficient (Wildman–Crippen LogP) is 2.52.